The van der Waals surface area contributed by atoms with Crippen molar-refractivity contribution in [3.05, 3.63) is 70.2 Å². The van der Waals surface area contributed by atoms with Crippen LogP contribution in [0.4, 0.5) is 0 Å². The Morgan fingerprint density at radius 1 is 0.950 bits per heavy atom. The van der Waals surface area contributed by atoms with Crippen LogP contribution in [-0.2, 0) is 0 Å². The summed E-state index contributed by atoms with van der Waals surface area (Å²) in [4.78, 5) is 0. The molecule has 0 spiro atoms. The van der Waals surface area contributed by atoms with Crippen molar-refractivity contribution in [1.82, 2.24) is 0 Å². The van der Waals surface area contributed by atoms with Crippen molar-refractivity contribution < 1.29 is 5.11 Å². The van der Waals surface area contributed by atoms with E-state index in [4.69, 9.17) is 0 Å². The summed E-state index contributed by atoms with van der Waals surface area (Å²) in [5.74, 6) is 0.554. The molecule has 2 aromatic rings. The minimum atomic E-state index is -0.472. The van der Waals surface area contributed by atoms with Crippen LogP contribution in [0.3, 0.4) is 0 Å². The lowest BCUT2D eigenvalue weighted by Crippen LogP contribution is -2.18. The first-order chi connectivity index (χ1) is 9.63. The van der Waals surface area contributed by atoms with Crippen LogP contribution >= 0.6 is 15.9 Å². The molecule has 0 bridgehead atoms. The van der Waals surface area contributed by atoms with Gasteiger partial charge in [0.15, 0.2) is 0 Å². The van der Waals surface area contributed by atoms with E-state index in [1.165, 1.54) is 5.56 Å². The minimum Gasteiger partial charge on any atom is -0.388 e. The third-order valence-corrected chi connectivity index (χ3v) is 4.52. The van der Waals surface area contributed by atoms with Gasteiger partial charge in [0.1, 0.15) is 0 Å². The summed E-state index contributed by atoms with van der Waals surface area (Å²) in [5, 5.41) is 10.8. The second-order valence-corrected chi connectivity index (χ2v) is 6.23. The fraction of sp³-hybridized carbons (Fsp3) is 0.333. The third-order valence-electron chi connectivity index (χ3n) is 3.99. The maximum absolute atomic E-state index is 10.8. The highest BCUT2D eigenvalue weighted by atomic mass is 79.9. The van der Waals surface area contributed by atoms with Crippen molar-refractivity contribution in [2.45, 2.75) is 32.3 Å². The van der Waals surface area contributed by atoms with Gasteiger partial charge < -0.3 is 5.11 Å². The van der Waals surface area contributed by atoms with Crippen molar-refractivity contribution in [3.63, 3.8) is 0 Å². The molecule has 3 atom stereocenters. The fourth-order valence-electron chi connectivity index (χ4n) is 2.62. The van der Waals surface area contributed by atoms with Crippen molar-refractivity contribution >= 4 is 15.9 Å². The molecule has 0 amide bonds. The quantitative estimate of drug-likeness (QED) is 0.786. The number of halogens is 1. The molecule has 1 nitrogen and oxygen atoms in total. The normalized spacial score (nSPS) is 15.6. The molecule has 106 valence electrons. The standard InChI is InChI=1S/C18H21BrO/c1-3-13(2)17(14-7-5-4-6-8-14)18(20)15-9-11-16(19)12-10-15/h4-13,17-18,20H,3H2,1-2H3. The SMILES string of the molecule is CCC(C)C(c1ccccc1)C(O)c1ccc(Br)cc1. The topological polar surface area (TPSA) is 20.2 Å². The third kappa shape index (κ3) is 3.50. The lowest BCUT2D eigenvalue weighted by Gasteiger charge is -2.29. The largest absolute Gasteiger partial charge is 0.388 e. The predicted octanol–water partition coefficient (Wildman–Crippen LogP) is 5.31. The molecule has 2 rings (SSSR count). The smallest absolute Gasteiger partial charge is 0.0861 e. The molecule has 0 aromatic heterocycles. The molecule has 0 saturated heterocycles. The van der Waals surface area contributed by atoms with Crippen molar-refractivity contribution in [1.29, 1.82) is 0 Å². The molecule has 0 fully saturated rings. The molecule has 1 N–H and O–H groups in total. The maximum Gasteiger partial charge on any atom is 0.0861 e. The first-order valence-corrected chi connectivity index (χ1v) is 7.91. The Morgan fingerprint density at radius 2 is 1.55 bits per heavy atom. The average molecular weight is 333 g/mol. The Kier molecular flexibility index (Phi) is 5.38. The fourth-order valence-corrected chi connectivity index (χ4v) is 2.88. The van der Waals surface area contributed by atoms with Crippen LogP contribution in [-0.4, -0.2) is 5.11 Å². The molecule has 0 radical (unpaired) electrons. The van der Waals surface area contributed by atoms with E-state index in [0.717, 1.165) is 16.5 Å². The van der Waals surface area contributed by atoms with E-state index in [2.05, 4.69) is 41.9 Å². The van der Waals surface area contributed by atoms with E-state index >= 15 is 0 Å². The monoisotopic (exact) mass is 332 g/mol. The Bertz CT molecular complexity index is 521. The number of aliphatic hydroxyl groups excluding tert-OH is 1. The van der Waals surface area contributed by atoms with Crippen molar-refractivity contribution in [3.8, 4) is 0 Å². The Morgan fingerprint density at radius 3 is 2.10 bits per heavy atom. The van der Waals surface area contributed by atoms with Gasteiger partial charge in [-0.2, -0.15) is 0 Å². The first-order valence-electron chi connectivity index (χ1n) is 7.12. The highest BCUT2D eigenvalue weighted by Gasteiger charge is 2.27. The predicted molar refractivity (Wildman–Crippen MR) is 87.7 cm³/mol. The van der Waals surface area contributed by atoms with Crippen LogP contribution in [0, 0.1) is 5.92 Å². The van der Waals surface area contributed by atoms with Crippen LogP contribution in [0.1, 0.15) is 43.4 Å². The van der Waals surface area contributed by atoms with E-state index in [0.29, 0.717) is 5.92 Å². The van der Waals surface area contributed by atoms with E-state index in [9.17, 15) is 5.11 Å². The van der Waals surface area contributed by atoms with Crippen LogP contribution in [0.5, 0.6) is 0 Å². The zero-order valence-corrected chi connectivity index (χ0v) is 13.5. The van der Waals surface area contributed by atoms with Gasteiger partial charge in [-0.25, -0.2) is 0 Å². The molecule has 0 saturated carbocycles. The van der Waals surface area contributed by atoms with Gasteiger partial charge in [-0.05, 0) is 29.2 Å². The highest BCUT2D eigenvalue weighted by molar-refractivity contribution is 9.10. The summed E-state index contributed by atoms with van der Waals surface area (Å²) in [6, 6.07) is 18.3. The van der Waals surface area contributed by atoms with Crippen LogP contribution in [0.25, 0.3) is 0 Å². The molecule has 0 aliphatic carbocycles. The van der Waals surface area contributed by atoms with Gasteiger partial charge in [0, 0.05) is 10.4 Å². The maximum atomic E-state index is 10.8. The number of benzene rings is 2. The van der Waals surface area contributed by atoms with E-state index in [1.807, 2.05) is 42.5 Å². The van der Waals surface area contributed by atoms with E-state index in [-0.39, 0.29) is 5.92 Å². The van der Waals surface area contributed by atoms with Crippen LogP contribution in [0.2, 0.25) is 0 Å². The molecule has 20 heavy (non-hydrogen) atoms. The summed E-state index contributed by atoms with van der Waals surface area (Å²) < 4.78 is 1.04. The van der Waals surface area contributed by atoms with Gasteiger partial charge in [0.25, 0.3) is 0 Å². The Balaban J connectivity index is 2.34. The lowest BCUT2D eigenvalue weighted by molar-refractivity contribution is 0.118. The Hall–Kier alpha value is -1.12. The molecule has 0 aliphatic heterocycles. The summed E-state index contributed by atoms with van der Waals surface area (Å²) >= 11 is 3.44. The van der Waals surface area contributed by atoms with Gasteiger partial charge in [0.2, 0.25) is 0 Å². The van der Waals surface area contributed by atoms with Crippen molar-refractivity contribution in [2.75, 3.05) is 0 Å². The Labute approximate surface area is 129 Å². The van der Waals surface area contributed by atoms with E-state index in [1.54, 1.807) is 0 Å². The summed E-state index contributed by atoms with van der Waals surface area (Å²) in [7, 11) is 0. The van der Waals surface area contributed by atoms with Gasteiger partial charge in [0.05, 0.1) is 6.10 Å². The molecule has 2 aromatic carbocycles. The second kappa shape index (κ2) is 7.05. The van der Waals surface area contributed by atoms with Crippen molar-refractivity contribution in [2.24, 2.45) is 5.92 Å². The average Bonchev–Trinajstić information content (AvgIpc) is 2.49. The number of aliphatic hydroxyl groups is 1. The van der Waals surface area contributed by atoms with Crippen LogP contribution < -0.4 is 0 Å². The highest BCUT2D eigenvalue weighted by Crippen LogP contribution is 2.38. The minimum absolute atomic E-state index is 0.127. The summed E-state index contributed by atoms with van der Waals surface area (Å²) in [6.45, 7) is 4.38. The second-order valence-electron chi connectivity index (χ2n) is 5.32. The molecular formula is C18H21BrO. The summed E-state index contributed by atoms with van der Waals surface area (Å²) in [6.07, 6.45) is 0.577. The zero-order valence-electron chi connectivity index (χ0n) is 12.0. The first kappa shape index (κ1) is 15.3. The molecule has 0 aliphatic rings. The lowest BCUT2D eigenvalue weighted by atomic mass is 9.79. The van der Waals surface area contributed by atoms with Gasteiger partial charge in [-0.15, -0.1) is 0 Å². The van der Waals surface area contributed by atoms with Gasteiger partial charge >= 0.3 is 0 Å². The van der Waals surface area contributed by atoms with Gasteiger partial charge in [-0.1, -0.05) is 78.7 Å². The van der Waals surface area contributed by atoms with E-state index < -0.39 is 6.10 Å². The molecule has 3 unspecified atom stereocenters. The zero-order chi connectivity index (χ0) is 14.5. The summed E-state index contributed by atoms with van der Waals surface area (Å²) in [5.41, 5.74) is 2.18. The van der Waals surface area contributed by atoms with Crippen LogP contribution in [0.15, 0.2) is 59.1 Å². The number of hydrogen-bond acceptors (Lipinski definition) is 1. The molecular weight excluding hydrogens is 312 g/mol. The number of rotatable bonds is 5. The van der Waals surface area contributed by atoms with Gasteiger partial charge in [-0.3, -0.25) is 0 Å². The molecule has 0 heterocycles. The number of hydrogen-bond donors (Lipinski definition) is 1. The molecule has 2 heteroatoms.